The number of hydrogen-bond acceptors (Lipinski definition) is 7. The summed E-state index contributed by atoms with van der Waals surface area (Å²) < 4.78 is 0. The number of carbonyl (C=O) groups is 3. The summed E-state index contributed by atoms with van der Waals surface area (Å²) in [6, 6.07) is 17.8. The van der Waals surface area contributed by atoms with Crippen LogP contribution in [-0.4, -0.2) is 39.8 Å². The van der Waals surface area contributed by atoms with Crippen molar-refractivity contribution in [1.29, 1.82) is 0 Å². The van der Waals surface area contributed by atoms with Gasteiger partial charge in [0.25, 0.3) is 5.69 Å². The van der Waals surface area contributed by atoms with E-state index < -0.39 is 40.7 Å². The van der Waals surface area contributed by atoms with Crippen LogP contribution in [0.5, 0.6) is 0 Å². The van der Waals surface area contributed by atoms with Crippen molar-refractivity contribution in [2.24, 2.45) is 16.9 Å². The lowest BCUT2D eigenvalue weighted by Gasteiger charge is -2.33. The second-order valence-corrected chi connectivity index (χ2v) is 9.24. The first-order valence-corrected chi connectivity index (χ1v) is 11.6. The van der Waals surface area contributed by atoms with E-state index in [-0.39, 0.29) is 22.2 Å². The van der Waals surface area contributed by atoms with Gasteiger partial charge in [0.2, 0.25) is 11.8 Å². The number of anilines is 1. The Bertz CT molecular complexity index is 1490. The second-order valence-electron chi connectivity index (χ2n) is 8.83. The summed E-state index contributed by atoms with van der Waals surface area (Å²) in [5, 5.41) is 17.5. The largest absolute Gasteiger partial charge is 0.292 e. The molecule has 3 aliphatic rings. The topological polar surface area (TPSA) is 113 Å². The van der Waals surface area contributed by atoms with Crippen molar-refractivity contribution in [2.75, 3.05) is 4.90 Å². The average Bonchev–Trinajstić information content (AvgIpc) is 3.37. The third-order valence-corrected chi connectivity index (χ3v) is 7.32. The number of non-ortho nitro benzene ring substituents is 1. The van der Waals surface area contributed by atoms with Gasteiger partial charge in [0.05, 0.1) is 39.7 Å². The van der Waals surface area contributed by atoms with Gasteiger partial charge >= 0.3 is 0 Å². The van der Waals surface area contributed by atoms with Crippen molar-refractivity contribution < 1.29 is 19.3 Å². The Balaban J connectivity index is 1.51. The molecule has 178 valence electrons. The van der Waals surface area contributed by atoms with Gasteiger partial charge in [0, 0.05) is 17.7 Å². The number of Topliss-reactive ketones (excluding diaryl/α,β-unsaturated/α-hetero) is 1. The zero-order chi connectivity index (χ0) is 25.1. The highest BCUT2D eigenvalue weighted by Gasteiger charge is 2.65. The maximum absolute atomic E-state index is 13.9. The monoisotopic (exact) mass is 500 g/mol. The zero-order valence-corrected chi connectivity index (χ0v) is 19.3. The lowest BCUT2D eigenvalue weighted by molar-refractivity contribution is -0.384. The molecule has 0 N–H and O–H groups in total. The van der Waals surface area contributed by atoms with Gasteiger partial charge < -0.3 is 0 Å². The number of amides is 2. The molecular formula is C26H17ClN4O5. The maximum atomic E-state index is 13.9. The first-order valence-electron chi connectivity index (χ1n) is 11.2. The van der Waals surface area contributed by atoms with Gasteiger partial charge in [-0.2, -0.15) is 5.10 Å². The predicted molar refractivity (Wildman–Crippen MR) is 131 cm³/mol. The van der Waals surface area contributed by atoms with Gasteiger partial charge in [-0.25, -0.2) is 4.90 Å². The van der Waals surface area contributed by atoms with Gasteiger partial charge in [0.1, 0.15) is 6.04 Å². The normalized spacial score (nSPS) is 23.9. The Morgan fingerprint density at radius 1 is 0.944 bits per heavy atom. The average molecular weight is 501 g/mol. The van der Waals surface area contributed by atoms with Crippen LogP contribution in [0.15, 0.2) is 77.9 Å². The number of carbonyl (C=O) groups excluding carboxylic acids is 3. The van der Waals surface area contributed by atoms with Crippen molar-refractivity contribution in [3.8, 4) is 0 Å². The zero-order valence-electron chi connectivity index (χ0n) is 18.5. The Morgan fingerprint density at radius 2 is 1.64 bits per heavy atom. The van der Waals surface area contributed by atoms with Crippen molar-refractivity contribution in [1.82, 2.24) is 5.01 Å². The highest BCUT2D eigenvalue weighted by molar-refractivity contribution is 6.36. The highest BCUT2D eigenvalue weighted by Crippen LogP contribution is 2.53. The van der Waals surface area contributed by atoms with Gasteiger partial charge in [-0.3, -0.25) is 29.5 Å². The van der Waals surface area contributed by atoms with E-state index in [1.807, 2.05) is 24.3 Å². The Morgan fingerprint density at radius 3 is 2.39 bits per heavy atom. The summed E-state index contributed by atoms with van der Waals surface area (Å²) in [4.78, 5) is 53.2. The molecule has 3 heterocycles. The number of rotatable bonds is 4. The summed E-state index contributed by atoms with van der Waals surface area (Å²) >= 11 is 6.31. The number of benzene rings is 3. The third kappa shape index (κ3) is 3.09. The molecule has 0 saturated carbocycles. The van der Waals surface area contributed by atoms with Crippen LogP contribution >= 0.6 is 11.6 Å². The summed E-state index contributed by atoms with van der Waals surface area (Å²) in [6.07, 6.45) is 1.63. The summed E-state index contributed by atoms with van der Waals surface area (Å²) in [5.74, 6) is -3.52. The van der Waals surface area contributed by atoms with Crippen LogP contribution in [0.2, 0.25) is 5.02 Å². The van der Waals surface area contributed by atoms with Crippen LogP contribution in [0, 0.1) is 22.0 Å². The molecule has 9 nitrogen and oxygen atoms in total. The van der Waals surface area contributed by atoms with E-state index in [1.165, 1.54) is 12.1 Å². The van der Waals surface area contributed by atoms with Gasteiger partial charge in [0.15, 0.2) is 5.78 Å². The molecule has 3 aliphatic heterocycles. The van der Waals surface area contributed by atoms with E-state index in [0.29, 0.717) is 5.56 Å². The fourth-order valence-electron chi connectivity index (χ4n) is 5.47. The second kappa shape index (κ2) is 8.10. The van der Waals surface area contributed by atoms with Crippen LogP contribution < -0.4 is 4.90 Å². The molecule has 0 aliphatic carbocycles. The van der Waals surface area contributed by atoms with Gasteiger partial charge in [-0.15, -0.1) is 0 Å². The number of fused-ring (bicyclic) bond motifs is 5. The molecule has 36 heavy (non-hydrogen) atoms. The molecule has 0 spiro atoms. The SMILES string of the molecule is O=C(c1ccccc1)[C@@H]1[C@H]2C(=O)N(c3cc([N+](=O)[O-])ccc3Cl)C(=O)[C@@H]2[C@H]2c3ccccc3C=NN12. The van der Waals surface area contributed by atoms with Crippen LogP contribution in [-0.2, 0) is 9.59 Å². The highest BCUT2D eigenvalue weighted by atomic mass is 35.5. The number of halogens is 1. The van der Waals surface area contributed by atoms with E-state index in [1.54, 1.807) is 41.6 Å². The number of nitro benzene ring substituents is 1. The molecule has 0 radical (unpaired) electrons. The molecule has 0 unspecified atom stereocenters. The molecule has 2 saturated heterocycles. The molecule has 4 atom stereocenters. The molecule has 10 heteroatoms. The molecule has 3 aromatic rings. The fourth-order valence-corrected chi connectivity index (χ4v) is 5.67. The lowest BCUT2D eigenvalue weighted by Crippen LogP contribution is -2.44. The van der Waals surface area contributed by atoms with E-state index in [2.05, 4.69) is 5.10 Å². The number of hydrogen-bond donors (Lipinski definition) is 0. The smallest absolute Gasteiger partial charge is 0.271 e. The summed E-state index contributed by atoms with van der Waals surface area (Å²) in [6.45, 7) is 0. The van der Waals surface area contributed by atoms with Crippen molar-refractivity contribution in [3.05, 3.63) is 105 Å². The van der Waals surface area contributed by atoms with Crippen molar-refractivity contribution in [2.45, 2.75) is 12.1 Å². The molecule has 6 rings (SSSR count). The minimum Gasteiger partial charge on any atom is -0.292 e. The number of imide groups is 1. The first-order chi connectivity index (χ1) is 17.4. The molecule has 2 amide bonds. The van der Waals surface area contributed by atoms with Crippen LogP contribution in [0.25, 0.3) is 0 Å². The fraction of sp³-hybridized carbons (Fsp3) is 0.154. The minimum atomic E-state index is -1.05. The van der Waals surface area contributed by atoms with Crippen molar-refractivity contribution >= 4 is 46.8 Å². The Kier molecular flexibility index (Phi) is 4.97. The van der Waals surface area contributed by atoms with E-state index in [0.717, 1.165) is 22.1 Å². The van der Waals surface area contributed by atoms with Gasteiger partial charge in [-0.1, -0.05) is 66.2 Å². The Labute approximate surface area is 209 Å². The molecular weight excluding hydrogens is 484 g/mol. The summed E-state index contributed by atoms with van der Waals surface area (Å²) in [5.41, 5.74) is 1.58. The number of nitrogens with zero attached hydrogens (tertiary/aromatic N) is 4. The van der Waals surface area contributed by atoms with E-state index in [9.17, 15) is 24.5 Å². The van der Waals surface area contributed by atoms with E-state index >= 15 is 0 Å². The quantitative estimate of drug-likeness (QED) is 0.231. The Hall–Kier alpha value is -4.37. The molecule has 2 fully saturated rings. The maximum Gasteiger partial charge on any atom is 0.271 e. The lowest BCUT2D eigenvalue weighted by atomic mass is 9.83. The molecule has 0 bridgehead atoms. The predicted octanol–water partition coefficient (Wildman–Crippen LogP) is 4.01. The molecule has 3 aromatic carbocycles. The van der Waals surface area contributed by atoms with Crippen LogP contribution in [0.3, 0.4) is 0 Å². The van der Waals surface area contributed by atoms with Crippen LogP contribution in [0.4, 0.5) is 11.4 Å². The van der Waals surface area contributed by atoms with Gasteiger partial charge in [-0.05, 0) is 17.2 Å². The minimum absolute atomic E-state index is 0.0205. The first kappa shape index (κ1) is 22.1. The number of nitro groups is 1. The molecule has 0 aromatic heterocycles. The summed E-state index contributed by atoms with van der Waals surface area (Å²) in [7, 11) is 0. The van der Waals surface area contributed by atoms with Crippen molar-refractivity contribution in [3.63, 3.8) is 0 Å². The number of ketones is 1. The van der Waals surface area contributed by atoms with Crippen LogP contribution in [0.1, 0.15) is 27.5 Å². The van der Waals surface area contributed by atoms with E-state index in [4.69, 9.17) is 11.6 Å². The third-order valence-electron chi connectivity index (χ3n) is 7.00. The number of hydrazone groups is 1. The standard InChI is InChI=1S/C26H17ClN4O5/c27-18-11-10-16(31(35)36)12-19(18)29-25(33)20-21(26(29)34)23(24(32)14-6-2-1-3-7-14)30-22(20)17-9-5-4-8-15(17)13-28-30/h1-13,20-23H/t20-,21-,22+,23-/m0/s1.